The molecule has 0 amide bonds. The van der Waals surface area contributed by atoms with E-state index in [2.05, 4.69) is 12.2 Å². The molecule has 5 nitrogen and oxygen atoms in total. The van der Waals surface area contributed by atoms with E-state index in [1.165, 1.54) is 6.26 Å². The Balaban J connectivity index is 2.32. The third-order valence-electron chi connectivity index (χ3n) is 2.86. The highest BCUT2D eigenvalue weighted by atomic mass is 32.2. The van der Waals surface area contributed by atoms with Gasteiger partial charge in [-0.25, -0.2) is 12.7 Å². The molecule has 1 aliphatic rings. The second-order valence-electron chi connectivity index (χ2n) is 4.46. The fraction of sp³-hybridized carbons (Fsp3) is 1.00. The minimum Gasteiger partial charge on any atom is -0.383 e. The van der Waals surface area contributed by atoms with E-state index in [4.69, 9.17) is 4.74 Å². The lowest BCUT2D eigenvalue weighted by atomic mass is 10.1. The number of ether oxygens (including phenoxy) is 1. The Labute approximate surface area is 98.2 Å². The number of nitrogens with one attached hydrogen (secondary N) is 1. The van der Waals surface area contributed by atoms with Gasteiger partial charge in [0.05, 0.1) is 12.9 Å². The Morgan fingerprint density at radius 3 is 2.44 bits per heavy atom. The second-order valence-corrected chi connectivity index (χ2v) is 6.44. The standard InChI is InChI=1S/C10H22N2O3S/c1-9(8-15-2)11-10-4-6-12(7-5-10)16(3,13)14/h9-11H,4-8H2,1-3H3. The van der Waals surface area contributed by atoms with Gasteiger partial charge in [0.2, 0.25) is 10.0 Å². The van der Waals surface area contributed by atoms with Crippen LogP contribution in [0, 0.1) is 0 Å². The number of hydrogen-bond acceptors (Lipinski definition) is 4. The van der Waals surface area contributed by atoms with Crippen molar-refractivity contribution in [1.82, 2.24) is 9.62 Å². The minimum atomic E-state index is -3.01. The molecule has 1 N–H and O–H groups in total. The zero-order valence-corrected chi connectivity index (χ0v) is 11.1. The Kier molecular flexibility index (Phi) is 5.17. The van der Waals surface area contributed by atoms with Crippen LogP contribution < -0.4 is 5.32 Å². The molecule has 1 aliphatic heterocycles. The van der Waals surface area contributed by atoms with Gasteiger partial charge in [0.1, 0.15) is 0 Å². The van der Waals surface area contributed by atoms with Crippen molar-refractivity contribution in [3.8, 4) is 0 Å². The van der Waals surface area contributed by atoms with E-state index in [1.54, 1.807) is 11.4 Å². The lowest BCUT2D eigenvalue weighted by Gasteiger charge is -2.32. The van der Waals surface area contributed by atoms with Crippen LogP contribution in [0.15, 0.2) is 0 Å². The quantitative estimate of drug-likeness (QED) is 0.748. The largest absolute Gasteiger partial charge is 0.383 e. The normalized spacial score (nSPS) is 22.2. The molecule has 16 heavy (non-hydrogen) atoms. The molecule has 1 fully saturated rings. The first-order chi connectivity index (χ1) is 7.43. The van der Waals surface area contributed by atoms with Gasteiger partial charge in [-0.3, -0.25) is 0 Å². The maximum Gasteiger partial charge on any atom is 0.211 e. The van der Waals surface area contributed by atoms with E-state index in [9.17, 15) is 8.42 Å². The van der Waals surface area contributed by atoms with Gasteiger partial charge >= 0.3 is 0 Å². The van der Waals surface area contributed by atoms with Crippen molar-refractivity contribution >= 4 is 10.0 Å². The molecule has 1 rings (SSSR count). The third kappa shape index (κ3) is 4.37. The molecule has 1 heterocycles. The Morgan fingerprint density at radius 1 is 1.44 bits per heavy atom. The highest BCUT2D eigenvalue weighted by Gasteiger charge is 2.25. The molecule has 0 aromatic carbocycles. The Bertz CT molecular complexity index is 297. The molecule has 0 radical (unpaired) electrons. The van der Waals surface area contributed by atoms with Crippen LogP contribution in [-0.2, 0) is 14.8 Å². The number of nitrogens with zero attached hydrogens (tertiary/aromatic N) is 1. The monoisotopic (exact) mass is 250 g/mol. The molecule has 0 aromatic rings. The summed E-state index contributed by atoms with van der Waals surface area (Å²) in [6.07, 6.45) is 3.02. The van der Waals surface area contributed by atoms with Crippen LogP contribution in [0.1, 0.15) is 19.8 Å². The number of rotatable bonds is 5. The lowest BCUT2D eigenvalue weighted by Crippen LogP contribution is -2.47. The van der Waals surface area contributed by atoms with Crippen LogP contribution >= 0.6 is 0 Å². The fourth-order valence-electron chi connectivity index (χ4n) is 2.05. The van der Waals surface area contributed by atoms with E-state index in [0.29, 0.717) is 31.8 Å². The van der Waals surface area contributed by atoms with Crippen molar-refractivity contribution in [2.24, 2.45) is 0 Å². The topological polar surface area (TPSA) is 58.6 Å². The molecule has 0 bridgehead atoms. The highest BCUT2D eigenvalue weighted by Crippen LogP contribution is 2.13. The number of hydrogen-bond donors (Lipinski definition) is 1. The van der Waals surface area contributed by atoms with Crippen molar-refractivity contribution in [3.05, 3.63) is 0 Å². The van der Waals surface area contributed by atoms with Crippen molar-refractivity contribution in [1.29, 1.82) is 0 Å². The van der Waals surface area contributed by atoms with Gasteiger partial charge in [0, 0.05) is 32.3 Å². The maximum absolute atomic E-state index is 11.3. The molecule has 1 saturated heterocycles. The zero-order valence-electron chi connectivity index (χ0n) is 10.3. The van der Waals surface area contributed by atoms with Gasteiger partial charge < -0.3 is 10.1 Å². The van der Waals surface area contributed by atoms with Crippen LogP contribution in [-0.4, -0.2) is 57.9 Å². The smallest absolute Gasteiger partial charge is 0.211 e. The number of piperidine rings is 1. The second kappa shape index (κ2) is 5.95. The molecule has 96 valence electrons. The zero-order chi connectivity index (χ0) is 12.2. The summed E-state index contributed by atoms with van der Waals surface area (Å²) in [4.78, 5) is 0. The molecule has 1 unspecified atom stereocenters. The van der Waals surface area contributed by atoms with E-state index in [1.807, 2.05) is 0 Å². The van der Waals surface area contributed by atoms with Crippen LogP contribution in [0.25, 0.3) is 0 Å². The minimum absolute atomic E-state index is 0.319. The molecule has 0 spiro atoms. The van der Waals surface area contributed by atoms with E-state index >= 15 is 0 Å². The molecular weight excluding hydrogens is 228 g/mol. The van der Waals surface area contributed by atoms with Crippen molar-refractivity contribution in [2.45, 2.75) is 31.8 Å². The average molecular weight is 250 g/mol. The van der Waals surface area contributed by atoms with Gasteiger partial charge in [0.15, 0.2) is 0 Å². The fourth-order valence-corrected chi connectivity index (χ4v) is 2.93. The molecule has 0 aromatic heterocycles. The van der Waals surface area contributed by atoms with Crippen LogP contribution in [0.3, 0.4) is 0 Å². The molecule has 6 heteroatoms. The summed E-state index contributed by atoms with van der Waals surface area (Å²) in [5.41, 5.74) is 0. The van der Waals surface area contributed by atoms with Gasteiger partial charge in [-0.2, -0.15) is 0 Å². The van der Waals surface area contributed by atoms with Gasteiger partial charge in [0.25, 0.3) is 0 Å². The molecule has 1 atom stereocenters. The first-order valence-corrected chi connectivity index (χ1v) is 7.48. The first-order valence-electron chi connectivity index (χ1n) is 5.63. The summed E-state index contributed by atoms with van der Waals surface area (Å²) in [7, 11) is -1.32. The summed E-state index contributed by atoms with van der Waals surface area (Å²) >= 11 is 0. The van der Waals surface area contributed by atoms with Gasteiger partial charge in [-0.15, -0.1) is 0 Å². The van der Waals surface area contributed by atoms with Gasteiger partial charge in [-0.1, -0.05) is 0 Å². The summed E-state index contributed by atoms with van der Waals surface area (Å²) in [5, 5.41) is 3.45. The van der Waals surface area contributed by atoms with Crippen molar-refractivity contribution < 1.29 is 13.2 Å². The predicted octanol–water partition coefficient (Wildman–Crippen LogP) is 0.0349. The highest BCUT2D eigenvalue weighted by molar-refractivity contribution is 7.88. The van der Waals surface area contributed by atoms with E-state index in [0.717, 1.165) is 12.8 Å². The summed E-state index contributed by atoms with van der Waals surface area (Å²) in [6.45, 7) is 4.01. The predicted molar refractivity (Wildman–Crippen MR) is 63.9 cm³/mol. The molecule has 0 saturated carbocycles. The van der Waals surface area contributed by atoms with E-state index < -0.39 is 10.0 Å². The van der Waals surface area contributed by atoms with Crippen LogP contribution in [0.5, 0.6) is 0 Å². The lowest BCUT2D eigenvalue weighted by molar-refractivity contribution is 0.159. The average Bonchev–Trinajstić information content (AvgIpc) is 2.17. The first kappa shape index (κ1) is 13.9. The number of methoxy groups -OCH3 is 1. The van der Waals surface area contributed by atoms with Crippen LogP contribution in [0.2, 0.25) is 0 Å². The van der Waals surface area contributed by atoms with Gasteiger partial charge in [-0.05, 0) is 19.8 Å². The number of sulfonamides is 1. The summed E-state index contributed by atoms with van der Waals surface area (Å²) in [6, 6.07) is 0.725. The van der Waals surface area contributed by atoms with Crippen molar-refractivity contribution in [2.75, 3.05) is 33.1 Å². The third-order valence-corrected chi connectivity index (χ3v) is 4.16. The Morgan fingerprint density at radius 2 is 2.00 bits per heavy atom. The van der Waals surface area contributed by atoms with Crippen molar-refractivity contribution in [3.63, 3.8) is 0 Å². The van der Waals surface area contributed by atoms with Crippen LogP contribution in [0.4, 0.5) is 0 Å². The molecular formula is C10H22N2O3S. The Hall–Kier alpha value is -0.170. The molecule has 0 aliphatic carbocycles. The SMILES string of the molecule is COCC(C)NC1CCN(S(C)(=O)=O)CC1. The summed E-state index contributed by atoms with van der Waals surface area (Å²) < 4.78 is 29.2. The summed E-state index contributed by atoms with van der Waals surface area (Å²) in [5.74, 6) is 0. The van der Waals surface area contributed by atoms with E-state index in [-0.39, 0.29) is 0 Å². The maximum atomic E-state index is 11.3.